The molecule has 2 unspecified atom stereocenters. The molecule has 0 bridgehead atoms. The molecule has 0 aliphatic heterocycles. The van der Waals surface area contributed by atoms with Gasteiger partial charge in [-0.15, -0.1) is 0 Å². The third-order valence-corrected chi connectivity index (χ3v) is 3.98. The fourth-order valence-electron chi connectivity index (χ4n) is 2.20. The van der Waals surface area contributed by atoms with E-state index in [-0.39, 0.29) is 0 Å². The van der Waals surface area contributed by atoms with E-state index < -0.39 is 0 Å². The summed E-state index contributed by atoms with van der Waals surface area (Å²) in [6.07, 6.45) is 5.28. The minimum absolute atomic E-state index is 0.431. The molecule has 0 aliphatic rings. The standard InChI is InChI=1S/C16H26.C3H6O2.2C2H6/c1-5-13(3)7-10-15(6-2)16-11-8-14(4)9-12-16;1-2-5-3-4;2*1-2/h8-9,11-13,15H,5-7,10H2,1-4H3;3H,2H2,1H3;2*1-2H3. The van der Waals surface area contributed by atoms with Gasteiger partial charge < -0.3 is 4.74 Å². The van der Waals surface area contributed by atoms with E-state index in [1.165, 1.54) is 36.8 Å². The van der Waals surface area contributed by atoms with Gasteiger partial charge in [0.25, 0.3) is 6.47 Å². The fraction of sp³-hybridized carbons (Fsp3) is 0.696. The molecule has 1 rings (SSSR count). The Kier molecular flexibility index (Phi) is 25.9. The largest absolute Gasteiger partial charge is 0.468 e. The highest BCUT2D eigenvalue weighted by molar-refractivity contribution is 5.36. The van der Waals surface area contributed by atoms with Crippen molar-refractivity contribution in [1.82, 2.24) is 0 Å². The van der Waals surface area contributed by atoms with Crippen LogP contribution in [0.4, 0.5) is 0 Å². The van der Waals surface area contributed by atoms with Crippen molar-refractivity contribution in [1.29, 1.82) is 0 Å². The molecule has 0 N–H and O–H groups in total. The first-order valence-electron chi connectivity index (χ1n) is 10.2. The highest BCUT2D eigenvalue weighted by Gasteiger charge is 2.10. The summed E-state index contributed by atoms with van der Waals surface area (Å²) < 4.78 is 4.15. The Morgan fingerprint density at radius 1 is 0.920 bits per heavy atom. The maximum atomic E-state index is 9.18. The topological polar surface area (TPSA) is 26.3 Å². The van der Waals surface area contributed by atoms with Crippen molar-refractivity contribution in [3.63, 3.8) is 0 Å². The third-order valence-electron chi connectivity index (χ3n) is 3.98. The fourth-order valence-corrected chi connectivity index (χ4v) is 2.20. The van der Waals surface area contributed by atoms with Gasteiger partial charge in [0.1, 0.15) is 0 Å². The minimum atomic E-state index is 0.431. The van der Waals surface area contributed by atoms with Crippen molar-refractivity contribution in [2.24, 2.45) is 5.92 Å². The molecule has 1 aromatic rings. The van der Waals surface area contributed by atoms with Crippen LogP contribution in [0.3, 0.4) is 0 Å². The first kappa shape index (κ1) is 28.5. The van der Waals surface area contributed by atoms with Crippen LogP contribution in [0.25, 0.3) is 0 Å². The van der Waals surface area contributed by atoms with Crippen LogP contribution >= 0.6 is 0 Å². The smallest absolute Gasteiger partial charge is 0.293 e. The first-order valence-corrected chi connectivity index (χ1v) is 10.2. The zero-order valence-electron chi connectivity index (χ0n) is 18.4. The number of rotatable bonds is 8. The highest BCUT2D eigenvalue weighted by Crippen LogP contribution is 2.27. The molecular weight excluding hydrogens is 308 g/mol. The van der Waals surface area contributed by atoms with Gasteiger partial charge in [-0.05, 0) is 44.1 Å². The molecule has 2 atom stereocenters. The number of ether oxygens (including phenoxy) is 1. The quantitative estimate of drug-likeness (QED) is 0.451. The van der Waals surface area contributed by atoms with E-state index in [1.807, 2.05) is 27.7 Å². The molecule has 0 radical (unpaired) electrons. The molecular formula is C23H44O2. The molecule has 0 heterocycles. The second-order valence-electron chi connectivity index (χ2n) is 5.66. The van der Waals surface area contributed by atoms with E-state index >= 15 is 0 Å². The summed E-state index contributed by atoms with van der Waals surface area (Å²) in [4.78, 5) is 9.18. The van der Waals surface area contributed by atoms with E-state index in [2.05, 4.69) is 56.7 Å². The van der Waals surface area contributed by atoms with Crippen molar-refractivity contribution in [2.75, 3.05) is 6.61 Å². The van der Waals surface area contributed by atoms with Crippen LogP contribution in [0.2, 0.25) is 0 Å². The lowest BCUT2D eigenvalue weighted by atomic mass is 9.88. The Hall–Kier alpha value is -1.31. The monoisotopic (exact) mass is 352 g/mol. The first-order chi connectivity index (χ1) is 12.1. The summed E-state index contributed by atoms with van der Waals surface area (Å²) in [5.74, 6) is 1.63. The van der Waals surface area contributed by atoms with Crippen molar-refractivity contribution in [3.05, 3.63) is 35.4 Å². The lowest BCUT2D eigenvalue weighted by Crippen LogP contribution is -2.01. The number of carbonyl (C=O) groups excluding carboxylic acids is 1. The van der Waals surface area contributed by atoms with E-state index in [1.54, 1.807) is 6.92 Å². The van der Waals surface area contributed by atoms with Crippen LogP contribution in [-0.2, 0) is 9.53 Å². The van der Waals surface area contributed by atoms with Crippen molar-refractivity contribution < 1.29 is 9.53 Å². The molecule has 0 amide bonds. The lowest BCUT2D eigenvalue weighted by molar-refractivity contribution is -0.128. The Labute approximate surface area is 158 Å². The Balaban J connectivity index is -0.000000454. The van der Waals surface area contributed by atoms with Gasteiger partial charge in [0.15, 0.2) is 0 Å². The van der Waals surface area contributed by atoms with Crippen molar-refractivity contribution in [2.45, 2.75) is 93.9 Å². The van der Waals surface area contributed by atoms with Gasteiger partial charge in [0.2, 0.25) is 0 Å². The van der Waals surface area contributed by atoms with Crippen molar-refractivity contribution >= 4 is 6.47 Å². The number of benzene rings is 1. The summed E-state index contributed by atoms with van der Waals surface area (Å²) in [5, 5.41) is 0. The van der Waals surface area contributed by atoms with Crippen LogP contribution in [0.1, 0.15) is 98.1 Å². The van der Waals surface area contributed by atoms with E-state index in [4.69, 9.17) is 0 Å². The molecule has 0 aliphatic carbocycles. The molecule has 2 heteroatoms. The van der Waals surface area contributed by atoms with Crippen molar-refractivity contribution in [3.8, 4) is 0 Å². The zero-order valence-corrected chi connectivity index (χ0v) is 18.4. The maximum absolute atomic E-state index is 9.18. The zero-order chi connectivity index (χ0) is 20.1. The van der Waals surface area contributed by atoms with Crippen LogP contribution in [0, 0.1) is 12.8 Å². The Bertz CT molecular complexity index is 357. The predicted molar refractivity (Wildman–Crippen MR) is 113 cm³/mol. The average molecular weight is 353 g/mol. The van der Waals surface area contributed by atoms with E-state index in [0.717, 1.165) is 11.8 Å². The Morgan fingerprint density at radius 3 is 1.76 bits per heavy atom. The predicted octanol–water partition coefficient (Wildman–Crippen LogP) is 7.55. The summed E-state index contributed by atoms with van der Waals surface area (Å²) in [6.45, 7) is 19.8. The highest BCUT2D eigenvalue weighted by atomic mass is 16.5. The second kappa shape index (κ2) is 22.7. The van der Waals surface area contributed by atoms with E-state index in [0.29, 0.717) is 13.1 Å². The third kappa shape index (κ3) is 17.3. The van der Waals surface area contributed by atoms with Gasteiger partial charge in [-0.2, -0.15) is 0 Å². The molecule has 0 saturated heterocycles. The number of carbonyl (C=O) groups is 1. The summed E-state index contributed by atoms with van der Waals surface area (Å²) in [6, 6.07) is 9.09. The SMILES string of the molecule is CC.CC.CCC(C)CCC(CC)c1ccc(C)cc1.CCOC=O. The van der Waals surface area contributed by atoms with Crippen LogP contribution in [0.15, 0.2) is 24.3 Å². The van der Waals surface area contributed by atoms with Gasteiger partial charge in [-0.3, -0.25) is 4.79 Å². The maximum Gasteiger partial charge on any atom is 0.293 e. The number of hydrogen-bond acceptors (Lipinski definition) is 2. The molecule has 0 aromatic heterocycles. The van der Waals surface area contributed by atoms with Gasteiger partial charge in [-0.25, -0.2) is 0 Å². The molecule has 0 saturated carbocycles. The lowest BCUT2D eigenvalue weighted by Gasteiger charge is -2.17. The molecule has 2 nitrogen and oxygen atoms in total. The number of aryl methyl sites for hydroxylation is 1. The summed E-state index contributed by atoms with van der Waals surface area (Å²) >= 11 is 0. The average Bonchev–Trinajstić information content (AvgIpc) is 2.67. The van der Waals surface area contributed by atoms with Crippen LogP contribution in [-0.4, -0.2) is 13.1 Å². The number of hydrogen-bond donors (Lipinski definition) is 0. The molecule has 0 fully saturated rings. The van der Waals surface area contributed by atoms with E-state index in [9.17, 15) is 4.79 Å². The summed E-state index contributed by atoms with van der Waals surface area (Å²) in [7, 11) is 0. The molecule has 0 spiro atoms. The second-order valence-corrected chi connectivity index (χ2v) is 5.66. The normalized spacial score (nSPS) is 11.2. The molecule has 148 valence electrons. The van der Waals surface area contributed by atoms with Gasteiger partial charge in [0.05, 0.1) is 6.61 Å². The van der Waals surface area contributed by atoms with Crippen LogP contribution in [0.5, 0.6) is 0 Å². The minimum Gasteiger partial charge on any atom is -0.468 e. The van der Waals surface area contributed by atoms with Crippen LogP contribution < -0.4 is 0 Å². The molecule has 1 aromatic carbocycles. The van der Waals surface area contributed by atoms with Gasteiger partial charge in [0, 0.05) is 0 Å². The Morgan fingerprint density at radius 2 is 1.44 bits per heavy atom. The van der Waals surface area contributed by atoms with Gasteiger partial charge in [-0.1, -0.05) is 91.1 Å². The molecule has 25 heavy (non-hydrogen) atoms. The van der Waals surface area contributed by atoms with Gasteiger partial charge >= 0.3 is 0 Å². The summed E-state index contributed by atoms with van der Waals surface area (Å²) in [5.41, 5.74) is 2.89.